The molecule has 0 unspecified atom stereocenters. The highest BCUT2D eigenvalue weighted by Crippen LogP contribution is 2.31. The molecule has 0 saturated carbocycles. The van der Waals surface area contributed by atoms with E-state index in [2.05, 4.69) is 0 Å². The monoisotopic (exact) mass is 264 g/mol. The zero-order chi connectivity index (χ0) is 13.0. The van der Waals surface area contributed by atoms with Gasteiger partial charge in [-0.05, 0) is 29.2 Å². The van der Waals surface area contributed by atoms with Gasteiger partial charge in [0.1, 0.15) is 17.7 Å². The summed E-state index contributed by atoms with van der Waals surface area (Å²) >= 11 is 11.8. The third-order valence-electron chi connectivity index (χ3n) is 2.30. The molecule has 17 heavy (non-hydrogen) atoms. The van der Waals surface area contributed by atoms with Crippen LogP contribution in [0.2, 0.25) is 10.0 Å². The number of allylic oxidation sites excluding steroid dienone is 2. The minimum atomic E-state index is 0.0570. The molecule has 0 aliphatic rings. The summed E-state index contributed by atoms with van der Waals surface area (Å²) in [6.07, 6.45) is 0. The molecule has 0 aliphatic carbocycles. The first-order chi connectivity index (χ1) is 8.01. The topological polar surface area (TPSA) is 47.6 Å². The van der Waals surface area contributed by atoms with Crippen LogP contribution in [-0.2, 0) is 0 Å². The fourth-order valence-electron chi connectivity index (χ4n) is 1.58. The van der Waals surface area contributed by atoms with Crippen LogP contribution in [0, 0.1) is 28.6 Å². The Morgan fingerprint density at radius 3 is 2.12 bits per heavy atom. The van der Waals surface area contributed by atoms with Crippen molar-refractivity contribution in [1.29, 1.82) is 10.5 Å². The number of hydrogen-bond donors (Lipinski definition) is 0. The highest BCUT2D eigenvalue weighted by molar-refractivity contribution is 6.42. The van der Waals surface area contributed by atoms with Gasteiger partial charge in [-0.2, -0.15) is 10.5 Å². The van der Waals surface area contributed by atoms with Gasteiger partial charge < -0.3 is 0 Å². The fourth-order valence-corrected chi connectivity index (χ4v) is 1.87. The molecule has 4 heteroatoms. The SMILES string of the molecule is CC(C)C(=C(C#N)C#N)c1ccc(Cl)c(Cl)c1. The lowest BCUT2D eigenvalue weighted by atomic mass is 9.91. The van der Waals surface area contributed by atoms with Crippen molar-refractivity contribution in [3.05, 3.63) is 39.4 Å². The molecule has 1 aromatic rings. The Morgan fingerprint density at radius 1 is 1.12 bits per heavy atom. The quantitative estimate of drug-likeness (QED) is 0.741. The zero-order valence-electron chi connectivity index (χ0n) is 9.46. The van der Waals surface area contributed by atoms with Gasteiger partial charge in [-0.3, -0.25) is 0 Å². The van der Waals surface area contributed by atoms with Gasteiger partial charge >= 0.3 is 0 Å². The molecule has 0 atom stereocenters. The van der Waals surface area contributed by atoms with Crippen molar-refractivity contribution < 1.29 is 0 Å². The number of benzene rings is 1. The molecule has 0 amide bonds. The van der Waals surface area contributed by atoms with Crippen LogP contribution in [0.5, 0.6) is 0 Å². The van der Waals surface area contributed by atoms with Crippen LogP contribution in [-0.4, -0.2) is 0 Å². The Bertz CT molecular complexity index is 530. The van der Waals surface area contributed by atoms with E-state index in [0.29, 0.717) is 15.6 Å². The average Bonchev–Trinajstić information content (AvgIpc) is 2.29. The van der Waals surface area contributed by atoms with Crippen LogP contribution in [0.3, 0.4) is 0 Å². The van der Waals surface area contributed by atoms with Crippen LogP contribution < -0.4 is 0 Å². The van der Waals surface area contributed by atoms with E-state index < -0.39 is 0 Å². The molecule has 0 spiro atoms. The first kappa shape index (κ1) is 13.6. The van der Waals surface area contributed by atoms with Crippen molar-refractivity contribution in [3.63, 3.8) is 0 Å². The molecule has 2 nitrogen and oxygen atoms in total. The van der Waals surface area contributed by atoms with Crippen LogP contribution >= 0.6 is 23.2 Å². The van der Waals surface area contributed by atoms with Crippen molar-refractivity contribution in [2.24, 2.45) is 5.92 Å². The number of halogens is 2. The fraction of sp³-hybridized carbons (Fsp3) is 0.231. The number of hydrogen-bond acceptors (Lipinski definition) is 2. The lowest BCUT2D eigenvalue weighted by Gasteiger charge is -2.12. The van der Waals surface area contributed by atoms with Crippen LogP contribution in [0.25, 0.3) is 5.57 Å². The molecule has 0 heterocycles. The molecule has 0 aromatic heterocycles. The van der Waals surface area contributed by atoms with Gasteiger partial charge in [0.05, 0.1) is 10.0 Å². The molecule has 0 bridgehead atoms. The second-order valence-electron chi connectivity index (χ2n) is 3.80. The van der Waals surface area contributed by atoms with E-state index >= 15 is 0 Å². The predicted octanol–water partition coefficient (Wildman–Crippen LogP) is 4.45. The lowest BCUT2D eigenvalue weighted by molar-refractivity contribution is 0.853. The minimum absolute atomic E-state index is 0.0570. The smallest absolute Gasteiger partial charge is 0.133 e. The van der Waals surface area contributed by atoms with Crippen LogP contribution in [0.15, 0.2) is 23.8 Å². The summed E-state index contributed by atoms with van der Waals surface area (Å²) in [6.45, 7) is 3.85. The van der Waals surface area contributed by atoms with E-state index in [0.717, 1.165) is 5.56 Å². The summed E-state index contributed by atoms with van der Waals surface area (Å²) in [5.41, 5.74) is 1.56. The van der Waals surface area contributed by atoms with E-state index in [9.17, 15) is 0 Å². The molecule has 0 radical (unpaired) electrons. The highest BCUT2D eigenvalue weighted by Gasteiger charge is 2.14. The van der Waals surface area contributed by atoms with Gasteiger partial charge in [0.2, 0.25) is 0 Å². The van der Waals surface area contributed by atoms with Gasteiger partial charge in [-0.1, -0.05) is 43.1 Å². The Kier molecular flexibility index (Phi) is 4.58. The van der Waals surface area contributed by atoms with E-state index in [-0.39, 0.29) is 11.5 Å². The van der Waals surface area contributed by atoms with Crippen molar-refractivity contribution in [1.82, 2.24) is 0 Å². The predicted molar refractivity (Wildman–Crippen MR) is 69.4 cm³/mol. The second kappa shape index (κ2) is 5.73. The minimum Gasteiger partial charge on any atom is -0.192 e. The summed E-state index contributed by atoms with van der Waals surface area (Å²) in [4.78, 5) is 0. The largest absolute Gasteiger partial charge is 0.192 e. The normalized spacial score (nSPS) is 9.59. The molecule has 1 aromatic carbocycles. The zero-order valence-corrected chi connectivity index (χ0v) is 11.0. The summed E-state index contributed by atoms with van der Waals surface area (Å²) in [6, 6.07) is 8.91. The van der Waals surface area contributed by atoms with Gasteiger partial charge in [0.25, 0.3) is 0 Å². The number of nitrogens with zero attached hydrogens (tertiary/aromatic N) is 2. The van der Waals surface area contributed by atoms with Crippen molar-refractivity contribution in [2.75, 3.05) is 0 Å². The lowest BCUT2D eigenvalue weighted by Crippen LogP contribution is -1.97. The van der Waals surface area contributed by atoms with E-state index in [1.54, 1.807) is 18.2 Å². The van der Waals surface area contributed by atoms with Crippen molar-refractivity contribution in [2.45, 2.75) is 13.8 Å². The second-order valence-corrected chi connectivity index (χ2v) is 4.61. The van der Waals surface area contributed by atoms with Gasteiger partial charge in [0, 0.05) is 0 Å². The maximum atomic E-state index is 8.94. The van der Waals surface area contributed by atoms with Crippen molar-refractivity contribution >= 4 is 28.8 Å². The van der Waals surface area contributed by atoms with Crippen LogP contribution in [0.1, 0.15) is 19.4 Å². The molecule has 0 saturated heterocycles. The molecular formula is C13H10Cl2N2. The highest BCUT2D eigenvalue weighted by atomic mass is 35.5. The standard InChI is InChI=1S/C13H10Cl2N2/c1-8(2)13(10(6-16)7-17)9-3-4-11(14)12(15)5-9/h3-5,8H,1-2H3. The maximum Gasteiger partial charge on any atom is 0.133 e. The first-order valence-corrected chi connectivity index (χ1v) is 5.76. The van der Waals surface area contributed by atoms with Gasteiger partial charge in [-0.25, -0.2) is 0 Å². The summed E-state index contributed by atoms with van der Waals surface area (Å²) in [5, 5.41) is 18.7. The first-order valence-electron chi connectivity index (χ1n) is 5.01. The van der Waals surface area contributed by atoms with E-state index in [4.69, 9.17) is 33.7 Å². The third kappa shape index (κ3) is 3.01. The van der Waals surface area contributed by atoms with Crippen LogP contribution in [0.4, 0.5) is 0 Å². The van der Waals surface area contributed by atoms with Crippen molar-refractivity contribution in [3.8, 4) is 12.1 Å². The van der Waals surface area contributed by atoms with Gasteiger partial charge in [-0.15, -0.1) is 0 Å². The van der Waals surface area contributed by atoms with Gasteiger partial charge in [0.15, 0.2) is 0 Å². The maximum absolute atomic E-state index is 8.94. The number of nitriles is 2. The Labute approximate surface area is 111 Å². The number of rotatable bonds is 2. The Balaban J connectivity index is 3.47. The third-order valence-corrected chi connectivity index (χ3v) is 3.04. The summed E-state index contributed by atoms with van der Waals surface area (Å²) < 4.78 is 0. The molecule has 0 aliphatic heterocycles. The molecule has 1 rings (SSSR count). The Morgan fingerprint density at radius 2 is 1.71 bits per heavy atom. The average molecular weight is 265 g/mol. The summed E-state index contributed by atoms with van der Waals surface area (Å²) in [7, 11) is 0. The van der Waals surface area contributed by atoms with E-state index in [1.807, 2.05) is 26.0 Å². The summed E-state index contributed by atoms with van der Waals surface area (Å²) in [5.74, 6) is 0.0570. The molecule has 86 valence electrons. The molecular weight excluding hydrogens is 255 g/mol. The Hall–Kier alpha value is -1.48. The van der Waals surface area contributed by atoms with E-state index in [1.165, 1.54) is 0 Å². The molecule has 0 fully saturated rings. The molecule has 0 N–H and O–H groups in total.